The van der Waals surface area contributed by atoms with E-state index >= 15 is 0 Å². The van der Waals surface area contributed by atoms with Gasteiger partial charge in [0.05, 0.1) is 5.92 Å². The van der Waals surface area contributed by atoms with Crippen LogP contribution in [0.3, 0.4) is 0 Å². The van der Waals surface area contributed by atoms with E-state index in [0.29, 0.717) is 13.0 Å². The molecule has 2 saturated heterocycles. The first kappa shape index (κ1) is 10.4. The zero-order valence-corrected chi connectivity index (χ0v) is 8.79. The Morgan fingerprint density at radius 2 is 2.20 bits per heavy atom. The van der Waals surface area contributed by atoms with Crippen LogP contribution >= 0.6 is 0 Å². The summed E-state index contributed by atoms with van der Waals surface area (Å²) in [6.45, 7) is 3.94. The molecule has 0 radical (unpaired) electrons. The Bertz CT molecular complexity index is 259. The normalized spacial score (nSPS) is 27.3. The number of nitrogens with one attached hydrogen (secondary N) is 2. The van der Waals surface area contributed by atoms with Crippen molar-refractivity contribution in [3.05, 3.63) is 0 Å². The smallest absolute Gasteiger partial charge is 0.228 e. The van der Waals surface area contributed by atoms with Crippen LogP contribution in [0, 0.1) is 5.92 Å². The molecule has 5 nitrogen and oxygen atoms in total. The highest BCUT2D eigenvalue weighted by Gasteiger charge is 2.31. The molecule has 0 bridgehead atoms. The monoisotopic (exact) mass is 211 g/mol. The lowest BCUT2D eigenvalue weighted by Gasteiger charge is -2.22. The Hall–Kier alpha value is -1.10. The fourth-order valence-electron chi connectivity index (χ4n) is 2.10. The standard InChI is InChI=1S/C10H17N3O2/c14-9-6-8(7-12-9)10(15)13-4-1-2-11-3-5-13/h8,11H,1-7H2,(H,12,14). The van der Waals surface area contributed by atoms with Gasteiger partial charge in [-0.2, -0.15) is 0 Å². The summed E-state index contributed by atoms with van der Waals surface area (Å²) in [6.07, 6.45) is 1.36. The molecular formula is C10H17N3O2. The number of rotatable bonds is 1. The number of carbonyl (C=O) groups is 2. The Morgan fingerprint density at radius 3 is 2.93 bits per heavy atom. The van der Waals surface area contributed by atoms with Crippen molar-refractivity contribution < 1.29 is 9.59 Å². The van der Waals surface area contributed by atoms with Gasteiger partial charge >= 0.3 is 0 Å². The third kappa shape index (κ3) is 2.47. The first-order chi connectivity index (χ1) is 7.27. The van der Waals surface area contributed by atoms with E-state index in [2.05, 4.69) is 10.6 Å². The van der Waals surface area contributed by atoms with Crippen LogP contribution < -0.4 is 10.6 Å². The van der Waals surface area contributed by atoms with E-state index in [-0.39, 0.29) is 17.7 Å². The Morgan fingerprint density at radius 1 is 1.33 bits per heavy atom. The van der Waals surface area contributed by atoms with E-state index in [9.17, 15) is 9.59 Å². The van der Waals surface area contributed by atoms with E-state index in [1.807, 2.05) is 4.90 Å². The van der Waals surface area contributed by atoms with E-state index in [1.165, 1.54) is 0 Å². The van der Waals surface area contributed by atoms with Crippen molar-refractivity contribution in [2.45, 2.75) is 12.8 Å². The van der Waals surface area contributed by atoms with Crippen LogP contribution in [-0.4, -0.2) is 49.4 Å². The lowest BCUT2D eigenvalue weighted by molar-refractivity contribution is -0.135. The molecule has 0 spiro atoms. The molecule has 5 heteroatoms. The molecule has 0 aromatic heterocycles. The van der Waals surface area contributed by atoms with Crippen molar-refractivity contribution in [2.75, 3.05) is 32.7 Å². The van der Waals surface area contributed by atoms with Gasteiger partial charge in [-0.1, -0.05) is 0 Å². The number of hydrogen-bond donors (Lipinski definition) is 2. The molecule has 0 aromatic carbocycles. The van der Waals surface area contributed by atoms with Crippen molar-refractivity contribution in [3.63, 3.8) is 0 Å². The molecular weight excluding hydrogens is 194 g/mol. The molecule has 2 rings (SSSR count). The van der Waals surface area contributed by atoms with Gasteiger partial charge in [0.1, 0.15) is 0 Å². The van der Waals surface area contributed by atoms with Crippen LogP contribution in [0.4, 0.5) is 0 Å². The lowest BCUT2D eigenvalue weighted by Crippen LogP contribution is -2.39. The van der Waals surface area contributed by atoms with Crippen molar-refractivity contribution in [1.29, 1.82) is 0 Å². The van der Waals surface area contributed by atoms with Crippen LogP contribution in [0.25, 0.3) is 0 Å². The third-order valence-corrected chi connectivity index (χ3v) is 2.98. The molecule has 2 heterocycles. The van der Waals surface area contributed by atoms with Gasteiger partial charge in [-0.3, -0.25) is 9.59 Å². The number of nitrogens with zero attached hydrogens (tertiary/aromatic N) is 1. The van der Waals surface area contributed by atoms with Crippen LogP contribution in [0.15, 0.2) is 0 Å². The number of hydrogen-bond acceptors (Lipinski definition) is 3. The van der Waals surface area contributed by atoms with Crippen LogP contribution in [0.5, 0.6) is 0 Å². The predicted molar refractivity (Wildman–Crippen MR) is 55.2 cm³/mol. The third-order valence-electron chi connectivity index (χ3n) is 2.98. The maximum Gasteiger partial charge on any atom is 0.228 e. The van der Waals surface area contributed by atoms with Crippen molar-refractivity contribution >= 4 is 11.8 Å². The van der Waals surface area contributed by atoms with Gasteiger partial charge in [-0.15, -0.1) is 0 Å². The Labute approximate surface area is 89.2 Å². The minimum absolute atomic E-state index is 0.00120. The second-order valence-electron chi connectivity index (χ2n) is 4.13. The number of amides is 2. The summed E-state index contributed by atoms with van der Waals surface area (Å²) in [5.74, 6) is 0.00828. The molecule has 1 atom stereocenters. The van der Waals surface area contributed by atoms with Gasteiger partial charge < -0.3 is 15.5 Å². The molecule has 2 fully saturated rings. The van der Waals surface area contributed by atoms with Gasteiger partial charge in [0, 0.05) is 32.6 Å². The zero-order chi connectivity index (χ0) is 10.7. The van der Waals surface area contributed by atoms with Gasteiger partial charge in [0.15, 0.2) is 0 Å². The molecule has 2 aliphatic rings. The molecule has 1 unspecified atom stereocenters. The van der Waals surface area contributed by atoms with Crippen LogP contribution in [0.2, 0.25) is 0 Å². The van der Waals surface area contributed by atoms with E-state index in [0.717, 1.165) is 32.6 Å². The van der Waals surface area contributed by atoms with Crippen LogP contribution in [0.1, 0.15) is 12.8 Å². The summed E-state index contributed by atoms with van der Waals surface area (Å²) in [5.41, 5.74) is 0. The number of carbonyl (C=O) groups excluding carboxylic acids is 2. The molecule has 0 aromatic rings. The largest absolute Gasteiger partial charge is 0.355 e. The predicted octanol–water partition coefficient (Wildman–Crippen LogP) is -1.06. The average molecular weight is 211 g/mol. The van der Waals surface area contributed by atoms with Gasteiger partial charge in [-0.05, 0) is 13.0 Å². The molecule has 2 N–H and O–H groups in total. The summed E-state index contributed by atoms with van der Waals surface area (Å²) < 4.78 is 0. The molecule has 84 valence electrons. The Kier molecular flexibility index (Phi) is 3.20. The lowest BCUT2D eigenvalue weighted by atomic mass is 10.1. The van der Waals surface area contributed by atoms with Gasteiger partial charge in [0.25, 0.3) is 0 Å². The fraction of sp³-hybridized carbons (Fsp3) is 0.800. The molecule has 0 saturated carbocycles. The van der Waals surface area contributed by atoms with Gasteiger partial charge in [0.2, 0.25) is 11.8 Å². The maximum absolute atomic E-state index is 12.0. The first-order valence-corrected chi connectivity index (χ1v) is 5.53. The average Bonchev–Trinajstić information content (AvgIpc) is 2.53. The zero-order valence-electron chi connectivity index (χ0n) is 8.79. The minimum Gasteiger partial charge on any atom is -0.355 e. The summed E-state index contributed by atoms with van der Waals surface area (Å²) >= 11 is 0. The first-order valence-electron chi connectivity index (χ1n) is 5.53. The molecule has 2 amide bonds. The summed E-state index contributed by atoms with van der Waals surface area (Å²) in [7, 11) is 0. The van der Waals surface area contributed by atoms with Gasteiger partial charge in [-0.25, -0.2) is 0 Å². The van der Waals surface area contributed by atoms with Crippen molar-refractivity contribution in [1.82, 2.24) is 15.5 Å². The van der Waals surface area contributed by atoms with E-state index in [1.54, 1.807) is 0 Å². The van der Waals surface area contributed by atoms with Crippen LogP contribution in [-0.2, 0) is 9.59 Å². The highest BCUT2D eigenvalue weighted by atomic mass is 16.2. The van der Waals surface area contributed by atoms with Crippen molar-refractivity contribution in [3.8, 4) is 0 Å². The summed E-state index contributed by atoms with van der Waals surface area (Å²) in [5, 5.41) is 5.96. The summed E-state index contributed by atoms with van der Waals surface area (Å²) in [4.78, 5) is 24.9. The molecule has 2 aliphatic heterocycles. The highest BCUT2D eigenvalue weighted by Crippen LogP contribution is 2.13. The topological polar surface area (TPSA) is 61.4 Å². The Balaban J connectivity index is 1.91. The highest BCUT2D eigenvalue weighted by molar-refractivity contribution is 5.89. The summed E-state index contributed by atoms with van der Waals surface area (Å²) in [6, 6.07) is 0. The maximum atomic E-state index is 12.0. The van der Waals surface area contributed by atoms with Crippen molar-refractivity contribution in [2.24, 2.45) is 5.92 Å². The van der Waals surface area contributed by atoms with E-state index in [4.69, 9.17) is 0 Å². The fourth-order valence-corrected chi connectivity index (χ4v) is 2.10. The van der Waals surface area contributed by atoms with E-state index < -0.39 is 0 Å². The molecule has 0 aliphatic carbocycles. The second-order valence-corrected chi connectivity index (χ2v) is 4.13. The quantitative estimate of drug-likeness (QED) is 0.581. The second kappa shape index (κ2) is 4.61. The molecule has 15 heavy (non-hydrogen) atoms. The SMILES string of the molecule is O=C1CC(C(=O)N2CCCNCC2)CN1. The minimum atomic E-state index is -0.129.